The number of rotatable bonds is 3. The van der Waals surface area contributed by atoms with E-state index >= 15 is 0 Å². The Bertz CT molecular complexity index is 472. The summed E-state index contributed by atoms with van der Waals surface area (Å²) in [5.74, 6) is 1.19. The Balaban J connectivity index is 1.62. The first-order valence-electron chi connectivity index (χ1n) is 7.39. The molecule has 0 aromatic heterocycles. The quantitative estimate of drug-likeness (QED) is 0.861. The third-order valence-corrected chi connectivity index (χ3v) is 4.82. The highest BCUT2D eigenvalue weighted by molar-refractivity contribution is 5.79. The number of amides is 1. The summed E-state index contributed by atoms with van der Waals surface area (Å²) < 4.78 is 0. The lowest BCUT2D eigenvalue weighted by Crippen LogP contribution is -2.51. The molecule has 1 saturated carbocycles. The van der Waals surface area contributed by atoms with E-state index in [1.807, 2.05) is 29.2 Å². The van der Waals surface area contributed by atoms with Crippen LogP contribution in [-0.2, 0) is 17.8 Å². The molecule has 2 bridgehead atoms. The zero-order valence-corrected chi connectivity index (χ0v) is 11.7. The number of likely N-dealkylation sites (tertiary alicyclic amines) is 1. The maximum absolute atomic E-state index is 12.4. The molecule has 3 atom stereocenters. The summed E-state index contributed by atoms with van der Waals surface area (Å²) in [6.45, 7) is 1.69. The summed E-state index contributed by atoms with van der Waals surface area (Å²) in [5, 5.41) is 9.02. The smallest absolute Gasteiger partial charge is 0.227 e. The number of fused-ring (bicyclic) bond motifs is 2. The standard InChI is InChI=1S/C16H22N2O2/c17-16-13-5-6-14(16)9-18(8-13)15(20)7-11-1-3-12(10-19)4-2-11/h1-4,13-14,16,19H,5-10,17H2/t13-,14+,16?. The zero-order chi connectivity index (χ0) is 14.1. The number of piperidine rings is 1. The molecular weight excluding hydrogens is 252 g/mol. The van der Waals surface area contributed by atoms with Crippen LogP contribution < -0.4 is 5.73 Å². The molecule has 108 valence electrons. The monoisotopic (exact) mass is 274 g/mol. The molecule has 3 N–H and O–H groups in total. The second-order valence-electron chi connectivity index (χ2n) is 6.12. The molecule has 20 heavy (non-hydrogen) atoms. The van der Waals surface area contributed by atoms with Crippen LogP contribution in [0.4, 0.5) is 0 Å². The van der Waals surface area contributed by atoms with Gasteiger partial charge in [0.15, 0.2) is 0 Å². The average Bonchev–Trinajstić information content (AvgIpc) is 2.68. The Morgan fingerprint density at radius 2 is 1.70 bits per heavy atom. The van der Waals surface area contributed by atoms with Crippen molar-refractivity contribution < 1.29 is 9.90 Å². The molecule has 0 spiro atoms. The van der Waals surface area contributed by atoms with Crippen LogP contribution in [0.1, 0.15) is 24.0 Å². The number of aliphatic hydroxyl groups is 1. The minimum absolute atomic E-state index is 0.0433. The number of hydrogen-bond donors (Lipinski definition) is 2. The van der Waals surface area contributed by atoms with Crippen LogP contribution in [0.2, 0.25) is 0 Å². The number of hydrogen-bond acceptors (Lipinski definition) is 3. The van der Waals surface area contributed by atoms with E-state index in [0.29, 0.717) is 24.3 Å². The van der Waals surface area contributed by atoms with Gasteiger partial charge < -0.3 is 15.7 Å². The molecule has 1 unspecified atom stereocenters. The van der Waals surface area contributed by atoms with Crippen molar-refractivity contribution in [2.75, 3.05) is 13.1 Å². The number of nitrogens with zero attached hydrogens (tertiary/aromatic N) is 1. The second-order valence-corrected chi connectivity index (χ2v) is 6.12. The molecule has 1 aromatic carbocycles. The molecule has 1 heterocycles. The summed E-state index contributed by atoms with van der Waals surface area (Å²) in [4.78, 5) is 14.4. The maximum Gasteiger partial charge on any atom is 0.227 e. The van der Waals surface area contributed by atoms with Crippen molar-refractivity contribution in [3.05, 3.63) is 35.4 Å². The highest BCUT2D eigenvalue weighted by Gasteiger charge is 2.40. The van der Waals surface area contributed by atoms with Gasteiger partial charge in [0.2, 0.25) is 5.91 Å². The van der Waals surface area contributed by atoms with E-state index in [1.165, 1.54) is 12.8 Å². The predicted molar refractivity (Wildman–Crippen MR) is 76.8 cm³/mol. The topological polar surface area (TPSA) is 66.6 Å². The van der Waals surface area contributed by atoms with Crippen LogP contribution >= 0.6 is 0 Å². The molecule has 2 fully saturated rings. The molecule has 4 heteroatoms. The number of carbonyl (C=O) groups is 1. The first-order valence-corrected chi connectivity index (χ1v) is 7.39. The first-order chi connectivity index (χ1) is 9.67. The predicted octanol–water partition coefficient (Wildman–Crippen LogP) is 0.917. The summed E-state index contributed by atoms with van der Waals surface area (Å²) in [6, 6.07) is 7.89. The fourth-order valence-electron chi connectivity index (χ4n) is 3.52. The molecule has 1 amide bonds. The van der Waals surface area contributed by atoms with Crippen LogP contribution in [0.25, 0.3) is 0 Å². The zero-order valence-electron chi connectivity index (χ0n) is 11.7. The van der Waals surface area contributed by atoms with E-state index in [4.69, 9.17) is 10.8 Å². The van der Waals surface area contributed by atoms with Crippen molar-refractivity contribution >= 4 is 5.91 Å². The number of aliphatic hydroxyl groups excluding tert-OH is 1. The molecule has 1 saturated heterocycles. The maximum atomic E-state index is 12.4. The summed E-state index contributed by atoms with van der Waals surface area (Å²) >= 11 is 0. The number of benzene rings is 1. The van der Waals surface area contributed by atoms with Crippen molar-refractivity contribution in [2.24, 2.45) is 17.6 Å². The highest BCUT2D eigenvalue weighted by Crippen LogP contribution is 2.35. The third kappa shape index (κ3) is 2.58. The van der Waals surface area contributed by atoms with Gasteiger partial charge in [-0.3, -0.25) is 4.79 Å². The van der Waals surface area contributed by atoms with Gasteiger partial charge in [0, 0.05) is 19.1 Å². The van der Waals surface area contributed by atoms with Gasteiger partial charge in [-0.2, -0.15) is 0 Å². The van der Waals surface area contributed by atoms with Crippen LogP contribution in [0, 0.1) is 11.8 Å². The van der Waals surface area contributed by atoms with Gasteiger partial charge in [0.05, 0.1) is 13.0 Å². The fourth-order valence-corrected chi connectivity index (χ4v) is 3.52. The van der Waals surface area contributed by atoms with Gasteiger partial charge in [-0.1, -0.05) is 24.3 Å². The van der Waals surface area contributed by atoms with Gasteiger partial charge in [-0.25, -0.2) is 0 Å². The van der Waals surface area contributed by atoms with Crippen molar-refractivity contribution in [1.29, 1.82) is 0 Å². The summed E-state index contributed by atoms with van der Waals surface area (Å²) in [6.07, 6.45) is 2.78. The lowest BCUT2D eigenvalue weighted by atomic mass is 9.92. The van der Waals surface area contributed by atoms with E-state index in [9.17, 15) is 4.79 Å². The first kappa shape index (κ1) is 13.6. The van der Waals surface area contributed by atoms with Crippen LogP contribution in [0.5, 0.6) is 0 Å². The summed E-state index contributed by atoms with van der Waals surface area (Å²) in [5.41, 5.74) is 8.06. The van der Waals surface area contributed by atoms with Gasteiger partial charge in [-0.15, -0.1) is 0 Å². The van der Waals surface area contributed by atoms with Crippen molar-refractivity contribution in [1.82, 2.24) is 4.90 Å². The molecule has 4 nitrogen and oxygen atoms in total. The lowest BCUT2D eigenvalue weighted by molar-refractivity contribution is -0.132. The van der Waals surface area contributed by atoms with Crippen LogP contribution in [-0.4, -0.2) is 35.0 Å². The Labute approximate surface area is 119 Å². The van der Waals surface area contributed by atoms with Crippen LogP contribution in [0.3, 0.4) is 0 Å². The molecule has 1 aromatic rings. The Hall–Kier alpha value is -1.39. The highest BCUT2D eigenvalue weighted by atomic mass is 16.3. The number of nitrogens with two attached hydrogens (primary N) is 1. The Kier molecular flexibility index (Phi) is 3.76. The lowest BCUT2D eigenvalue weighted by Gasteiger charge is -2.36. The molecule has 3 rings (SSSR count). The Morgan fingerprint density at radius 1 is 1.15 bits per heavy atom. The van der Waals surface area contributed by atoms with Crippen molar-refractivity contribution in [2.45, 2.75) is 31.9 Å². The average molecular weight is 274 g/mol. The SMILES string of the molecule is NC1[C@@H]2CC[C@H]1CN(C(=O)Cc1ccc(CO)cc1)C2. The molecule has 0 radical (unpaired) electrons. The van der Waals surface area contributed by atoms with Gasteiger partial charge in [0.25, 0.3) is 0 Å². The van der Waals surface area contributed by atoms with E-state index in [-0.39, 0.29) is 12.5 Å². The van der Waals surface area contributed by atoms with E-state index < -0.39 is 0 Å². The molecule has 2 aliphatic rings. The number of carbonyl (C=O) groups excluding carboxylic acids is 1. The van der Waals surface area contributed by atoms with E-state index in [0.717, 1.165) is 24.2 Å². The van der Waals surface area contributed by atoms with Gasteiger partial charge >= 0.3 is 0 Å². The van der Waals surface area contributed by atoms with E-state index in [1.54, 1.807) is 0 Å². The van der Waals surface area contributed by atoms with Gasteiger partial charge in [0.1, 0.15) is 0 Å². The van der Waals surface area contributed by atoms with Gasteiger partial charge in [-0.05, 0) is 35.8 Å². The minimum Gasteiger partial charge on any atom is -0.392 e. The van der Waals surface area contributed by atoms with Crippen molar-refractivity contribution in [3.8, 4) is 0 Å². The Morgan fingerprint density at radius 3 is 2.25 bits per heavy atom. The molecule has 1 aliphatic heterocycles. The fraction of sp³-hybridized carbons (Fsp3) is 0.562. The summed E-state index contributed by atoms with van der Waals surface area (Å²) in [7, 11) is 0. The second kappa shape index (κ2) is 5.54. The third-order valence-electron chi connectivity index (χ3n) is 4.82. The van der Waals surface area contributed by atoms with E-state index in [2.05, 4.69) is 0 Å². The van der Waals surface area contributed by atoms with Crippen LogP contribution in [0.15, 0.2) is 24.3 Å². The van der Waals surface area contributed by atoms with Crippen molar-refractivity contribution in [3.63, 3.8) is 0 Å². The largest absolute Gasteiger partial charge is 0.392 e. The molecular formula is C16H22N2O2. The normalized spacial score (nSPS) is 28.7. The minimum atomic E-state index is 0.0433. The molecule has 1 aliphatic carbocycles.